The Morgan fingerprint density at radius 2 is 1.76 bits per heavy atom. The summed E-state index contributed by atoms with van der Waals surface area (Å²) in [6, 6.07) is 15.8. The molecule has 2 N–H and O–H groups in total. The third kappa shape index (κ3) is 6.31. The van der Waals surface area contributed by atoms with Gasteiger partial charge in [-0.25, -0.2) is 5.43 Å². The number of rotatable bonds is 8. The molecule has 3 aromatic rings. The number of benzene rings is 3. The fraction of sp³-hybridized carbons (Fsp3) is 0.240. The number of halogens is 1. The lowest BCUT2D eigenvalue weighted by Crippen LogP contribution is -2.34. The molecule has 3 aromatic carbocycles. The highest BCUT2D eigenvalue weighted by atomic mass is 35.5. The van der Waals surface area contributed by atoms with Gasteiger partial charge in [-0.2, -0.15) is 5.10 Å². The van der Waals surface area contributed by atoms with Crippen molar-refractivity contribution >= 4 is 40.4 Å². The summed E-state index contributed by atoms with van der Waals surface area (Å²) in [5, 5.41) is 15.6. The summed E-state index contributed by atoms with van der Waals surface area (Å²) in [5.74, 6) is -0.477. The van der Waals surface area contributed by atoms with Crippen LogP contribution in [-0.2, 0) is 11.2 Å². The van der Waals surface area contributed by atoms with Crippen LogP contribution in [0.1, 0.15) is 21.5 Å². The van der Waals surface area contributed by atoms with E-state index in [0.29, 0.717) is 13.0 Å². The maximum absolute atomic E-state index is 12.7. The van der Waals surface area contributed by atoms with Crippen LogP contribution >= 0.6 is 11.6 Å². The number of likely N-dealkylation sites (N-methyl/N-ethyl adjacent to an activating group) is 2. The first kappa shape index (κ1) is 24.2. The zero-order chi connectivity index (χ0) is 24.0. The molecule has 2 amide bonds. The van der Waals surface area contributed by atoms with Crippen molar-refractivity contribution in [2.24, 2.45) is 5.10 Å². The lowest BCUT2D eigenvalue weighted by Gasteiger charge is -2.20. The van der Waals surface area contributed by atoms with Gasteiger partial charge in [0.1, 0.15) is 5.75 Å². The number of carbonyl (C=O) groups is 2. The molecule has 0 fully saturated rings. The standard InChI is InChI=1S/C25H27ClN4O3/c1-29(2)12-13-30(3)24(32)15-17-8-9-19(21-7-5-4-6-20(17)21)16-27-28-25(33)18-10-11-23(31)22(26)14-18/h4-11,14,16,31H,12-13,15H2,1-3H3,(H,28,33). The molecule has 33 heavy (non-hydrogen) atoms. The summed E-state index contributed by atoms with van der Waals surface area (Å²) >= 11 is 5.86. The molecule has 0 saturated carbocycles. The van der Waals surface area contributed by atoms with E-state index in [1.165, 1.54) is 18.2 Å². The fourth-order valence-corrected chi connectivity index (χ4v) is 3.48. The zero-order valence-corrected chi connectivity index (χ0v) is 19.6. The minimum atomic E-state index is -0.444. The van der Waals surface area contributed by atoms with E-state index in [1.807, 2.05) is 62.4 Å². The van der Waals surface area contributed by atoms with Gasteiger partial charge in [0.05, 0.1) is 17.7 Å². The highest BCUT2D eigenvalue weighted by Gasteiger charge is 2.13. The number of nitrogens with one attached hydrogen (secondary N) is 1. The number of nitrogens with zero attached hydrogens (tertiary/aromatic N) is 3. The highest BCUT2D eigenvalue weighted by Crippen LogP contribution is 2.24. The molecule has 0 aliphatic heterocycles. The second-order valence-electron chi connectivity index (χ2n) is 8.02. The van der Waals surface area contributed by atoms with Gasteiger partial charge in [0.2, 0.25) is 5.91 Å². The SMILES string of the molecule is CN(C)CCN(C)C(=O)Cc1ccc(C=NNC(=O)c2ccc(O)c(Cl)c2)c2ccccc12. The average Bonchev–Trinajstić information content (AvgIpc) is 2.80. The number of fused-ring (bicyclic) bond motifs is 1. The number of phenols is 1. The van der Waals surface area contributed by atoms with E-state index >= 15 is 0 Å². The van der Waals surface area contributed by atoms with Crippen LogP contribution in [0.3, 0.4) is 0 Å². The molecule has 0 aliphatic rings. The van der Waals surface area contributed by atoms with Crippen LogP contribution in [0.15, 0.2) is 59.7 Å². The third-order valence-corrected chi connectivity index (χ3v) is 5.58. The van der Waals surface area contributed by atoms with Gasteiger partial charge >= 0.3 is 0 Å². The van der Waals surface area contributed by atoms with E-state index in [9.17, 15) is 14.7 Å². The van der Waals surface area contributed by atoms with Crippen molar-refractivity contribution in [3.63, 3.8) is 0 Å². The molecule has 0 unspecified atom stereocenters. The van der Waals surface area contributed by atoms with Crippen molar-refractivity contribution in [1.29, 1.82) is 0 Å². The Kier molecular flexibility index (Phi) is 8.03. The van der Waals surface area contributed by atoms with E-state index in [0.717, 1.165) is 28.4 Å². The van der Waals surface area contributed by atoms with Gasteiger partial charge in [-0.1, -0.05) is 48.0 Å². The second kappa shape index (κ2) is 10.9. The van der Waals surface area contributed by atoms with Crippen molar-refractivity contribution in [1.82, 2.24) is 15.2 Å². The molecule has 0 aliphatic carbocycles. The number of carbonyl (C=O) groups excluding carboxylic acids is 2. The van der Waals surface area contributed by atoms with Gasteiger partial charge in [0.15, 0.2) is 0 Å². The van der Waals surface area contributed by atoms with Gasteiger partial charge in [-0.15, -0.1) is 0 Å². The normalized spacial score (nSPS) is 11.3. The van der Waals surface area contributed by atoms with Gasteiger partial charge in [-0.3, -0.25) is 9.59 Å². The Morgan fingerprint density at radius 1 is 1.03 bits per heavy atom. The lowest BCUT2D eigenvalue weighted by molar-refractivity contribution is -0.129. The molecule has 3 rings (SSSR count). The number of hydrogen-bond acceptors (Lipinski definition) is 5. The summed E-state index contributed by atoms with van der Waals surface area (Å²) in [5.41, 5.74) is 4.50. The summed E-state index contributed by atoms with van der Waals surface area (Å²) in [6.07, 6.45) is 1.87. The van der Waals surface area contributed by atoms with Crippen molar-refractivity contribution < 1.29 is 14.7 Å². The van der Waals surface area contributed by atoms with E-state index in [-0.39, 0.29) is 22.2 Å². The van der Waals surface area contributed by atoms with Gasteiger partial charge in [-0.05, 0) is 48.6 Å². The van der Waals surface area contributed by atoms with Crippen LogP contribution in [0.25, 0.3) is 10.8 Å². The second-order valence-corrected chi connectivity index (χ2v) is 8.43. The van der Waals surface area contributed by atoms with E-state index in [2.05, 4.69) is 10.5 Å². The summed E-state index contributed by atoms with van der Waals surface area (Å²) in [4.78, 5) is 28.8. The van der Waals surface area contributed by atoms with Crippen LogP contribution in [0.5, 0.6) is 5.75 Å². The van der Waals surface area contributed by atoms with Crippen LogP contribution in [0.4, 0.5) is 0 Å². The monoisotopic (exact) mass is 466 g/mol. The number of aromatic hydroxyl groups is 1. The fourth-order valence-electron chi connectivity index (χ4n) is 3.30. The van der Waals surface area contributed by atoms with Crippen molar-refractivity contribution in [2.45, 2.75) is 6.42 Å². The summed E-state index contributed by atoms with van der Waals surface area (Å²) in [6.45, 7) is 1.47. The van der Waals surface area contributed by atoms with E-state index in [4.69, 9.17) is 11.6 Å². The molecule has 0 radical (unpaired) electrons. The van der Waals surface area contributed by atoms with E-state index < -0.39 is 5.91 Å². The Hall–Kier alpha value is -3.42. The van der Waals surface area contributed by atoms with Gasteiger partial charge in [0.25, 0.3) is 5.91 Å². The number of amides is 2. The largest absolute Gasteiger partial charge is 0.506 e. The Bertz CT molecular complexity index is 1190. The highest BCUT2D eigenvalue weighted by molar-refractivity contribution is 6.32. The van der Waals surface area contributed by atoms with Crippen molar-refractivity contribution in [2.75, 3.05) is 34.2 Å². The Morgan fingerprint density at radius 3 is 2.45 bits per heavy atom. The smallest absolute Gasteiger partial charge is 0.271 e. The molecule has 0 aromatic heterocycles. The molecule has 0 bridgehead atoms. The first-order chi connectivity index (χ1) is 15.8. The summed E-state index contributed by atoms with van der Waals surface area (Å²) in [7, 11) is 5.78. The maximum Gasteiger partial charge on any atom is 0.271 e. The van der Waals surface area contributed by atoms with Crippen LogP contribution in [-0.4, -0.2) is 67.2 Å². The van der Waals surface area contributed by atoms with E-state index in [1.54, 1.807) is 11.1 Å². The first-order valence-corrected chi connectivity index (χ1v) is 10.9. The molecule has 172 valence electrons. The number of hydrogen-bond donors (Lipinski definition) is 2. The topological polar surface area (TPSA) is 85.2 Å². The quantitative estimate of drug-likeness (QED) is 0.393. The first-order valence-electron chi connectivity index (χ1n) is 10.5. The third-order valence-electron chi connectivity index (χ3n) is 5.28. The van der Waals surface area contributed by atoms with Crippen molar-refractivity contribution in [3.8, 4) is 5.75 Å². The van der Waals surface area contributed by atoms with Crippen molar-refractivity contribution in [3.05, 3.63) is 76.3 Å². The molecule has 0 atom stereocenters. The number of phenolic OH excluding ortho intramolecular Hbond substituents is 1. The van der Waals surface area contributed by atoms with Gasteiger partial charge < -0.3 is 14.9 Å². The molecule has 7 nitrogen and oxygen atoms in total. The molecule has 0 heterocycles. The van der Waals surface area contributed by atoms with Crippen LogP contribution in [0.2, 0.25) is 5.02 Å². The molecule has 8 heteroatoms. The van der Waals surface area contributed by atoms with Crippen LogP contribution in [0, 0.1) is 0 Å². The molecule has 0 saturated heterocycles. The predicted molar refractivity (Wildman–Crippen MR) is 132 cm³/mol. The molecular formula is C25H27ClN4O3. The van der Waals surface area contributed by atoms with Crippen LogP contribution < -0.4 is 5.43 Å². The molecule has 0 spiro atoms. The maximum atomic E-state index is 12.7. The minimum Gasteiger partial charge on any atom is -0.506 e. The Labute approximate surface area is 198 Å². The minimum absolute atomic E-state index is 0.0586. The zero-order valence-electron chi connectivity index (χ0n) is 18.9. The lowest BCUT2D eigenvalue weighted by atomic mass is 9.98. The molecular weight excluding hydrogens is 440 g/mol. The number of hydrazone groups is 1. The summed E-state index contributed by atoms with van der Waals surface area (Å²) < 4.78 is 0. The predicted octanol–water partition coefficient (Wildman–Crippen LogP) is 3.53. The Balaban J connectivity index is 1.75. The average molecular weight is 467 g/mol. The van der Waals surface area contributed by atoms with Gasteiger partial charge in [0, 0.05) is 31.3 Å².